The normalized spacial score (nSPS) is 10.0. The Hall–Kier alpha value is -1.87. The first-order chi connectivity index (χ1) is 8.17. The van der Waals surface area contributed by atoms with Crippen LogP contribution in [0.2, 0.25) is 5.02 Å². The fraction of sp³-hybridized carbons (Fsp3) is 0. The van der Waals surface area contributed by atoms with E-state index in [1.165, 1.54) is 12.1 Å². The standard InChI is InChI=1S/C13H8ClFO2/c14-10-2-1-3-12(6-10)17-13-5-9(8-16)4-11(15)7-13/h1-8H. The number of benzene rings is 2. The first-order valence-electron chi connectivity index (χ1n) is 4.86. The van der Waals surface area contributed by atoms with E-state index in [1.807, 2.05) is 0 Å². The molecule has 2 aromatic carbocycles. The Morgan fingerprint density at radius 2 is 1.94 bits per heavy atom. The van der Waals surface area contributed by atoms with Gasteiger partial charge in [-0.05, 0) is 30.3 Å². The van der Waals surface area contributed by atoms with E-state index >= 15 is 0 Å². The van der Waals surface area contributed by atoms with Crippen molar-refractivity contribution in [3.8, 4) is 11.5 Å². The summed E-state index contributed by atoms with van der Waals surface area (Å²) in [6, 6.07) is 10.5. The SMILES string of the molecule is O=Cc1cc(F)cc(Oc2cccc(Cl)c2)c1. The van der Waals surface area contributed by atoms with Crippen molar-refractivity contribution in [3.05, 3.63) is 58.9 Å². The van der Waals surface area contributed by atoms with Crippen LogP contribution in [0.25, 0.3) is 0 Å². The van der Waals surface area contributed by atoms with Crippen molar-refractivity contribution in [2.75, 3.05) is 0 Å². The molecule has 0 atom stereocenters. The smallest absolute Gasteiger partial charge is 0.150 e. The second-order valence-electron chi connectivity index (χ2n) is 3.40. The largest absolute Gasteiger partial charge is 0.457 e. The van der Waals surface area contributed by atoms with E-state index in [-0.39, 0.29) is 11.3 Å². The number of carbonyl (C=O) groups excluding carboxylic acids is 1. The molecule has 2 aromatic rings. The molecule has 86 valence electrons. The molecule has 0 spiro atoms. The van der Waals surface area contributed by atoms with Crippen LogP contribution < -0.4 is 4.74 Å². The molecular weight excluding hydrogens is 243 g/mol. The number of hydrogen-bond donors (Lipinski definition) is 0. The summed E-state index contributed by atoms with van der Waals surface area (Å²) in [7, 11) is 0. The number of hydrogen-bond acceptors (Lipinski definition) is 2. The lowest BCUT2D eigenvalue weighted by molar-refractivity contribution is 0.112. The van der Waals surface area contributed by atoms with E-state index in [0.29, 0.717) is 17.1 Å². The van der Waals surface area contributed by atoms with Gasteiger partial charge in [-0.3, -0.25) is 4.79 Å². The van der Waals surface area contributed by atoms with Crippen LogP contribution in [0.1, 0.15) is 10.4 Å². The summed E-state index contributed by atoms with van der Waals surface area (Å²) in [5, 5.41) is 0.523. The van der Waals surface area contributed by atoms with Crippen molar-refractivity contribution >= 4 is 17.9 Å². The Labute approximate surface area is 103 Å². The Bertz CT molecular complexity index is 555. The van der Waals surface area contributed by atoms with Gasteiger partial charge in [0.25, 0.3) is 0 Å². The summed E-state index contributed by atoms with van der Waals surface area (Å²) in [6.45, 7) is 0. The van der Waals surface area contributed by atoms with Crippen LogP contribution in [0, 0.1) is 5.82 Å². The number of rotatable bonds is 3. The van der Waals surface area contributed by atoms with Crippen molar-refractivity contribution in [2.24, 2.45) is 0 Å². The van der Waals surface area contributed by atoms with Gasteiger partial charge in [-0.2, -0.15) is 0 Å². The lowest BCUT2D eigenvalue weighted by Crippen LogP contribution is -1.88. The molecule has 0 aliphatic heterocycles. The quantitative estimate of drug-likeness (QED) is 0.767. The summed E-state index contributed by atoms with van der Waals surface area (Å²) in [5.41, 5.74) is 0.224. The third kappa shape index (κ3) is 3.04. The zero-order valence-electron chi connectivity index (χ0n) is 8.69. The molecule has 0 fully saturated rings. The zero-order valence-corrected chi connectivity index (χ0v) is 9.45. The lowest BCUT2D eigenvalue weighted by Gasteiger charge is -2.06. The zero-order chi connectivity index (χ0) is 12.3. The molecule has 2 nitrogen and oxygen atoms in total. The van der Waals surface area contributed by atoms with Crippen molar-refractivity contribution in [3.63, 3.8) is 0 Å². The van der Waals surface area contributed by atoms with Gasteiger partial charge >= 0.3 is 0 Å². The minimum absolute atomic E-state index is 0.224. The average molecular weight is 251 g/mol. The maximum absolute atomic E-state index is 13.1. The molecule has 17 heavy (non-hydrogen) atoms. The van der Waals surface area contributed by atoms with Gasteiger partial charge < -0.3 is 4.74 Å². The summed E-state index contributed by atoms with van der Waals surface area (Å²) >= 11 is 5.79. The molecule has 0 radical (unpaired) electrons. The van der Waals surface area contributed by atoms with Gasteiger partial charge in [-0.25, -0.2) is 4.39 Å². The number of aldehydes is 1. The van der Waals surface area contributed by atoms with Gasteiger partial charge in [0.1, 0.15) is 23.6 Å². The second kappa shape index (κ2) is 4.97. The van der Waals surface area contributed by atoms with Gasteiger partial charge in [0.05, 0.1) is 0 Å². The summed E-state index contributed by atoms with van der Waals surface area (Å²) < 4.78 is 18.5. The van der Waals surface area contributed by atoms with Gasteiger partial charge in [0, 0.05) is 16.7 Å². The first kappa shape index (κ1) is 11.6. The molecule has 2 rings (SSSR count). The maximum atomic E-state index is 13.1. The van der Waals surface area contributed by atoms with Gasteiger partial charge in [-0.1, -0.05) is 17.7 Å². The van der Waals surface area contributed by atoms with Crippen LogP contribution in [0.4, 0.5) is 4.39 Å². The van der Waals surface area contributed by atoms with Crippen molar-refractivity contribution in [2.45, 2.75) is 0 Å². The molecule has 0 aromatic heterocycles. The van der Waals surface area contributed by atoms with Crippen LogP contribution in [-0.2, 0) is 0 Å². The second-order valence-corrected chi connectivity index (χ2v) is 3.83. The van der Waals surface area contributed by atoms with E-state index in [9.17, 15) is 9.18 Å². The Morgan fingerprint density at radius 1 is 1.12 bits per heavy atom. The van der Waals surface area contributed by atoms with Crippen LogP contribution in [0.3, 0.4) is 0 Å². The van der Waals surface area contributed by atoms with E-state index < -0.39 is 5.82 Å². The van der Waals surface area contributed by atoms with Crippen molar-refractivity contribution < 1.29 is 13.9 Å². The topological polar surface area (TPSA) is 26.3 Å². The molecular formula is C13H8ClFO2. The van der Waals surface area contributed by atoms with Gasteiger partial charge in [-0.15, -0.1) is 0 Å². The van der Waals surface area contributed by atoms with Crippen molar-refractivity contribution in [1.82, 2.24) is 0 Å². The highest BCUT2D eigenvalue weighted by atomic mass is 35.5. The maximum Gasteiger partial charge on any atom is 0.150 e. The first-order valence-corrected chi connectivity index (χ1v) is 5.24. The molecule has 0 aliphatic rings. The third-order valence-corrected chi connectivity index (χ3v) is 2.30. The average Bonchev–Trinajstić information content (AvgIpc) is 2.28. The minimum Gasteiger partial charge on any atom is -0.457 e. The van der Waals surface area contributed by atoms with Crippen LogP contribution in [0.5, 0.6) is 11.5 Å². The van der Waals surface area contributed by atoms with Crippen molar-refractivity contribution in [1.29, 1.82) is 0 Å². The third-order valence-electron chi connectivity index (χ3n) is 2.06. The molecule has 0 saturated heterocycles. The predicted molar refractivity (Wildman–Crippen MR) is 63.3 cm³/mol. The fourth-order valence-electron chi connectivity index (χ4n) is 1.38. The van der Waals surface area contributed by atoms with Gasteiger partial charge in [0.2, 0.25) is 0 Å². The molecule has 0 bridgehead atoms. The minimum atomic E-state index is -0.522. The van der Waals surface area contributed by atoms with E-state index in [0.717, 1.165) is 6.07 Å². The van der Waals surface area contributed by atoms with E-state index in [4.69, 9.17) is 16.3 Å². The molecule has 0 saturated carbocycles. The number of ether oxygens (including phenoxy) is 1. The predicted octanol–water partition coefficient (Wildman–Crippen LogP) is 4.08. The summed E-state index contributed by atoms with van der Waals surface area (Å²) in [5.74, 6) is 0.223. The summed E-state index contributed by atoms with van der Waals surface area (Å²) in [6.07, 6.45) is 0.563. The summed E-state index contributed by atoms with van der Waals surface area (Å²) in [4.78, 5) is 10.6. The Kier molecular flexibility index (Phi) is 3.40. The molecule has 0 unspecified atom stereocenters. The lowest BCUT2D eigenvalue weighted by atomic mass is 10.2. The molecule has 0 amide bonds. The van der Waals surface area contributed by atoms with Crippen LogP contribution in [-0.4, -0.2) is 6.29 Å². The van der Waals surface area contributed by atoms with Gasteiger partial charge in [0.15, 0.2) is 0 Å². The Morgan fingerprint density at radius 3 is 2.65 bits per heavy atom. The van der Waals surface area contributed by atoms with Crippen LogP contribution in [0.15, 0.2) is 42.5 Å². The van der Waals surface area contributed by atoms with E-state index in [1.54, 1.807) is 24.3 Å². The molecule has 0 aliphatic carbocycles. The highest BCUT2D eigenvalue weighted by Crippen LogP contribution is 2.25. The molecule has 0 heterocycles. The molecule has 4 heteroatoms. The molecule has 0 N–H and O–H groups in total. The monoisotopic (exact) mass is 250 g/mol. The highest BCUT2D eigenvalue weighted by molar-refractivity contribution is 6.30. The van der Waals surface area contributed by atoms with Crippen LogP contribution >= 0.6 is 11.6 Å². The van der Waals surface area contributed by atoms with E-state index in [2.05, 4.69) is 0 Å². The Balaban J connectivity index is 2.29. The fourth-order valence-corrected chi connectivity index (χ4v) is 1.56. The highest BCUT2D eigenvalue weighted by Gasteiger charge is 2.03. The number of carbonyl (C=O) groups is 1. The number of halogens is 2.